The van der Waals surface area contributed by atoms with Crippen molar-refractivity contribution < 1.29 is 14.6 Å². The lowest BCUT2D eigenvalue weighted by Gasteiger charge is -2.09. The maximum absolute atomic E-state index is 10.7. The average molecular weight is 242 g/mol. The van der Waals surface area contributed by atoms with Crippen LogP contribution in [-0.4, -0.2) is 11.4 Å². The molecule has 0 spiro atoms. The molecular weight excluding hydrogens is 228 g/mol. The summed E-state index contributed by atoms with van der Waals surface area (Å²) in [6.45, 7) is 2.38. The van der Waals surface area contributed by atoms with Gasteiger partial charge in [-0.3, -0.25) is 4.79 Å². The Morgan fingerprint density at radius 2 is 1.89 bits per heavy atom. The molecule has 0 bridgehead atoms. The van der Waals surface area contributed by atoms with Gasteiger partial charge in [0.05, 0.1) is 5.56 Å². The third-order valence-electron chi connectivity index (χ3n) is 2.67. The van der Waals surface area contributed by atoms with Crippen molar-refractivity contribution in [2.75, 3.05) is 0 Å². The Labute approximate surface area is 106 Å². The summed E-state index contributed by atoms with van der Waals surface area (Å²) in [5.74, 6) is 0.208. The van der Waals surface area contributed by atoms with Crippen LogP contribution in [0.1, 0.15) is 21.5 Å². The van der Waals surface area contributed by atoms with Crippen molar-refractivity contribution in [1.29, 1.82) is 0 Å². The second-order valence-electron chi connectivity index (χ2n) is 4.09. The number of hydrogen-bond donors (Lipinski definition) is 1. The minimum absolute atomic E-state index is 0.111. The monoisotopic (exact) mass is 242 g/mol. The molecule has 0 saturated carbocycles. The van der Waals surface area contributed by atoms with Crippen molar-refractivity contribution in [2.24, 2.45) is 0 Å². The van der Waals surface area contributed by atoms with Gasteiger partial charge in [0.25, 0.3) is 0 Å². The molecule has 0 aliphatic heterocycles. The van der Waals surface area contributed by atoms with Crippen LogP contribution in [0.25, 0.3) is 0 Å². The third kappa shape index (κ3) is 2.69. The van der Waals surface area contributed by atoms with Gasteiger partial charge < -0.3 is 9.84 Å². The van der Waals surface area contributed by atoms with Gasteiger partial charge in [0, 0.05) is 0 Å². The van der Waals surface area contributed by atoms with E-state index in [-0.39, 0.29) is 11.3 Å². The van der Waals surface area contributed by atoms with Crippen LogP contribution in [-0.2, 0) is 6.61 Å². The van der Waals surface area contributed by atoms with Gasteiger partial charge in [-0.15, -0.1) is 0 Å². The lowest BCUT2D eigenvalue weighted by atomic mass is 10.1. The molecule has 0 radical (unpaired) electrons. The second kappa shape index (κ2) is 5.36. The lowest BCUT2D eigenvalue weighted by Crippen LogP contribution is -1.96. The van der Waals surface area contributed by atoms with Gasteiger partial charge in [-0.25, -0.2) is 0 Å². The molecule has 2 aromatic carbocycles. The number of para-hydroxylation sites is 1. The molecule has 92 valence electrons. The van der Waals surface area contributed by atoms with E-state index < -0.39 is 0 Å². The molecule has 0 amide bonds. The molecule has 0 fully saturated rings. The van der Waals surface area contributed by atoms with E-state index in [1.165, 1.54) is 5.56 Å². The molecule has 0 atom stereocenters. The predicted octanol–water partition coefficient (Wildman–Crippen LogP) is 3.09. The summed E-state index contributed by atoms with van der Waals surface area (Å²) in [5.41, 5.74) is 2.43. The van der Waals surface area contributed by atoms with Crippen LogP contribution in [0.3, 0.4) is 0 Å². The van der Waals surface area contributed by atoms with Crippen molar-refractivity contribution in [1.82, 2.24) is 0 Å². The summed E-state index contributed by atoms with van der Waals surface area (Å²) in [6, 6.07) is 12.8. The number of hydrogen-bond acceptors (Lipinski definition) is 3. The van der Waals surface area contributed by atoms with E-state index in [9.17, 15) is 9.90 Å². The van der Waals surface area contributed by atoms with Gasteiger partial charge in [-0.2, -0.15) is 0 Å². The van der Waals surface area contributed by atoms with E-state index in [1.807, 2.05) is 31.2 Å². The van der Waals surface area contributed by atoms with Crippen molar-refractivity contribution >= 4 is 6.29 Å². The van der Waals surface area contributed by atoms with Crippen molar-refractivity contribution in [2.45, 2.75) is 13.5 Å². The smallest absolute Gasteiger partial charge is 0.168 e. The summed E-state index contributed by atoms with van der Waals surface area (Å²) < 4.78 is 5.50. The van der Waals surface area contributed by atoms with Crippen molar-refractivity contribution in [3.63, 3.8) is 0 Å². The topological polar surface area (TPSA) is 46.5 Å². The first-order chi connectivity index (χ1) is 8.70. The largest absolute Gasteiger partial charge is 0.504 e. The number of phenols is 1. The van der Waals surface area contributed by atoms with Gasteiger partial charge in [-0.05, 0) is 24.6 Å². The molecule has 2 rings (SSSR count). The first kappa shape index (κ1) is 12.2. The molecule has 3 nitrogen and oxygen atoms in total. The lowest BCUT2D eigenvalue weighted by molar-refractivity contribution is 0.112. The number of carbonyl (C=O) groups is 1. The fourth-order valence-corrected chi connectivity index (χ4v) is 1.60. The summed E-state index contributed by atoms with van der Waals surface area (Å²) in [7, 11) is 0. The van der Waals surface area contributed by atoms with Crippen LogP contribution in [0.4, 0.5) is 0 Å². The van der Waals surface area contributed by atoms with Crippen LogP contribution >= 0.6 is 0 Å². The zero-order valence-corrected chi connectivity index (χ0v) is 10.1. The second-order valence-corrected chi connectivity index (χ2v) is 4.09. The minimum atomic E-state index is -0.111. The summed E-state index contributed by atoms with van der Waals surface area (Å²) in [6.07, 6.45) is 0.605. The summed E-state index contributed by atoms with van der Waals surface area (Å²) >= 11 is 0. The number of aryl methyl sites for hydroxylation is 1. The van der Waals surface area contributed by atoms with Gasteiger partial charge in [0.2, 0.25) is 0 Å². The number of aldehydes is 1. The van der Waals surface area contributed by atoms with Gasteiger partial charge in [-0.1, -0.05) is 35.9 Å². The molecule has 1 N–H and O–H groups in total. The zero-order valence-electron chi connectivity index (χ0n) is 10.1. The van der Waals surface area contributed by atoms with Crippen LogP contribution in [0.15, 0.2) is 42.5 Å². The molecule has 18 heavy (non-hydrogen) atoms. The summed E-state index contributed by atoms with van der Waals surface area (Å²) in [4.78, 5) is 10.7. The molecule has 0 aliphatic carbocycles. The maximum atomic E-state index is 10.7. The molecule has 0 aliphatic rings. The van der Waals surface area contributed by atoms with Crippen LogP contribution in [0.2, 0.25) is 0 Å². The van der Waals surface area contributed by atoms with E-state index >= 15 is 0 Å². The Balaban J connectivity index is 2.10. The first-order valence-corrected chi connectivity index (χ1v) is 5.66. The van der Waals surface area contributed by atoms with E-state index in [0.717, 1.165) is 5.56 Å². The number of rotatable bonds is 4. The number of benzene rings is 2. The van der Waals surface area contributed by atoms with Crippen LogP contribution in [0.5, 0.6) is 11.5 Å². The van der Waals surface area contributed by atoms with Gasteiger partial charge in [0.1, 0.15) is 6.61 Å². The highest BCUT2D eigenvalue weighted by Gasteiger charge is 2.07. The number of ether oxygens (including phenoxy) is 1. The Hall–Kier alpha value is -2.29. The number of aromatic hydroxyl groups is 1. The molecular formula is C15H14O3. The van der Waals surface area contributed by atoms with Crippen LogP contribution < -0.4 is 4.74 Å². The predicted molar refractivity (Wildman–Crippen MR) is 69.0 cm³/mol. The highest BCUT2D eigenvalue weighted by molar-refractivity contribution is 5.80. The Morgan fingerprint density at radius 3 is 2.56 bits per heavy atom. The third-order valence-corrected chi connectivity index (χ3v) is 2.67. The molecule has 0 heterocycles. The van der Waals surface area contributed by atoms with E-state index in [2.05, 4.69) is 0 Å². The molecule has 0 aromatic heterocycles. The van der Waals surface area contributed by atoms with Gasteiger partial charge >= 0.3 is 0 Å². The molecule has 3 heteroatoms. The zero-order chi connectivity index (χ0) is 13.0. The molecule has 0 unspecified atom stereocenters. The fourth-order valence-electron chi connectivity index (χ4n) is 1.60. The highest BCUT2D eigenvalue weighted by Crippen LogP contribution is 2.29. The molecule has 2 aromatic rings. The van der Waals surface area contributed by atoms with Crippen molar-refractivity contribution in [3.05, 3.63) is 59.2 Å². The SMILES string of the molecule is Cc1ccc(COc2cccc(C=O)c2O)cc1. The maximum Gasteiger partial charge on any atom is 0.168 e. The Bertz CT molecular complexity index is 544. The summed E-state index contributed by atoms with van der Waals surface area (Å²) in [5, 5.41) is 9.75. The standard InChI is InChI=1S/C15H14O3/c1-11-5-7-12(8-6-11)10-18-14-4-2-3-13(9-16)15(14)17/h2-9,17H,10H2,1H3. The number of phenolic OH excluding ortho intramolecular Hbond substituents is 1. The quantitative estimate of drug-likeness (QED) is 0.838. The average Bonchev–Trinajstić information content (AvgIpc) is 2.39. The van der Waals surface area contributed by atoms with E-state index in [1.54, 1.807) is 18.2 Å². The first-order valence-electron chi connectivity index (χ1n) is 5.66. The number of carbonyl (C=O) groups excluding carboxylic acids is 1. The van der Waals surface area contributed by atoms with Crippen LogP contribution in [0, 0.1) is 6.92 Å². The minimum Gasteiger partial charge on any atom is -0.504 e. The van der Waals surface area contributed by atoms with E-state index in [0.29, 0.717) is 18.6 Å². The Morgan fingerprint density at radius 1 is 1.17 bits per heavy atom. The highest BCUT2D eigenvalue weighted by atomic mass is 16.5. The van der Waals surface area contributed by atoms with Gasteiger partial charge in [0.15, 0.2) is 17.8 Å². The fraction of sp³-hybridized carbons (Fsp3) is 0.133. The van der Waals surface area contributed by atoms with Crippen molar-refractivity contribution in [3.8, 4) is 11.5 Å². The molecule has 0 saturated heterocycles. The van der Waals surface area contributed by atoms with E-state index in [4.69, 9.17) is 4.74 Å². The Kier molecular flexibility index (Phi) is 3.63. The normalized spacial score (nSPS) is 10.1.